The predicted molar refractivity (Wildman–Crippen MR) is 219 cm³/mol. The number of fused-ring (bicyclic) bond motifs is 3. The molecule has 4 aromatic heterocycles. The second kappa shape index (κ2) is 16.0. The molecule has 0 saturated carbocycles. The molecular weight excluding hydrogens is 839 g/mol. The molecule has 0 fully saturated rings. The van der Waals surface area contributed by atoms with Crippen LogP contribution < -0.4 is 0 Å². The number of aromatic nitrogens is 3. The molecule has 4 nitrogen and oxygen atoms in total. The standard InChI is InChI=1S/C29H27N2O.C20H18N.Ir/c1-18-17-30-26(16-21(18)15-20-10-12-22(13-11-20)29(3,4)5)25-8-6-7-23-24-14-9-19(2)31-28(24)32-27(23)25;1-14-9-10-18(20-11-15(2)16(3)13-21-20)12-19(14)17-7-5-4-6-8-17;/h6-7,9-14,16-17H,15H2,1-5H3;4-9,11-13H,1-3H3;/q2*-1;/i2D3;;. The van der Waals surface area contributed by atoms with Gasteiger partial charge in [-0.1, -0.05) is 117 Å². The van der Waals surface area contributed by atoms with Gasteiger partial charge in [-0.15, -0.1) is 47.5 Å². The third kappa shape index (κ3) is 8.29. The van der Waals surface area contributed by atoms with E-state index in [1.54, 1.807) is 6.07 Å². The van der Waals surface area contributed by atoms with E-state index >= 15 is 0 Å². The van der Waals surface area contributed by atoms with E-state index in [2.05, 4.69) is 148 Å². The topological polar surface area (TPSA) is 51.8 Å². The molecule has 5 heteroatoms. The largest absolute Gasteiger partial charge is 0.486 e. The van der Waals surface area contributed by atoms with Crippen molar-refractivity contribution in [3.8, 4) is 33.6 Å². The normalized spacial score (nSPS) is 12.3. The average Bonchev–Trinajstić information content (AvgIpc) is 3.56. The van der Waals surface area contributed by atoms with E-state index in [4.69, 9.17) is 8.53 Å². The predicted octanol–water partition coefficient (Wildman–Crippen LogP) is 12.5. The summed E-state index contributed by atoms with van der Waals surface area (Å²) in [6, 6.07) is 41.4. The molecule has 8 rings (SSSR count). The number of hydrogen-bond acceptors (Lipinski definition) is 4. The van der Waals surface area contributed by atoms with Crippen molar-refractivity contribution in [3.63, 3.8) is 0 Å². The van der Waals surface area contributed by atoms with Crippen molar-refractivity contribution in [2.24, 2.45) is 0 Å². The van der Waals surface area contributed by atoms with E-state index in [9.17, 15) is 0 Å². The summed E-state index contributed by atoms with van der Waals surface area (Å²) in [6.45, 7) is 12.8. The number of aryl methyl sites for hydroxylation is 5. The molecule has 0 aliphatic heterocycles. The third-order valence-electron chi connectivity index (χ3n) is 9.87. The quantitative estimate of drug-likeness (QED) is 0.162. The fourth-order valence-corrected chi connectivity index (χ4v) is 6.46. The van der Waals surface area contributed by atoms with Crippen LogP contribution in [0.1, 0.15) is 69.5 Å². The van der Waals surface area contributed by atoms with Gasteiger partial charge in [-0.25, -0.2) is 4.98 Å². The van der Waals surface area contributed by atoms with Crippen LogP contribution in [-0.4, -0.2) is 15.0 Å². The molecule has 1 radical (unpaired) electrons. The smallest absolute Gasteiger partial charge is 0.216 e. The Morgan fingerprint density at radius 2 is 1.46 bits per heavy atom. The summed E-state index contributed by atoms with van der Waals surface area (Å²) in [6.07, 6.45) is 4.61. The minimum absolute atomic E-state index is 0. The summed E-state index contributed by atoms with van der Waals surface area (Å²) >= 11 is 0. The molecule has 0 spiro atoms. The maximum absolute atomic E-state index is 7.65. The van der Waals surface area contributed by atoms with Crippen molar-refractivity contribution in [1.29, 1.82) is 0 Å². The zero-order valence-corrected chi connectivity index (χ0v) is 34.2. The fourth-order valence-electron chi connectivity index (χ4n) is 6.46. The Kier molecular flexibility index (Phi) is 10.2. The second-order valence-corrected chi connectivity index (χ2v) is 14.8. The molecule has 54 heavy (non-hydrogen) atoms. The minimum Gasteiger partial charge on any atom is -0.486 e. The molecule has 4 aromatic carbocycles. The van der Waals surface area contributed by atoms with Crippen LogP contribution in [0.15, 0.2) is 120 Å². The molecule has 0 atom stereocenters. The second-order valence-electron chi connectivity index (χ2n) is 14.8. The van der Waals surface area contributed by atoms with Crippen LogP contribution >= 0.6 is 0 Å². The zero-order chi connectivity index (χ0) is 39.8. The first-order chi connectivity index (χ1) is 26.7. The van der Waals surface area contributed by atoms with E-state index in [-0.39, 0.29) is 31.2 Å². The number of rotatable bonds is 5. The van der Waals surface area contributed by atoms with Crippen LogP contribution in [0.2, 0.25) is 0 Å². The van der Waals surface area contributed by atoms with Gasteiger partial charge in [-0.05, 0) is 96.4 Å². The van der Waals surface area contributed by atoms with Crippen molar-refractivity contribution in [2.75, 3.05) is 0 Å². The average molecular weight is 887 g/mol. The maximum Gasteiger partial charge on any atom is 0.216 e. The van der Waals surface area contributed by atoms with Crippen LogP contribution in [0.3, 0.4) is 0 Å². The number of furan rings is 1. The Labute approximate surface area is 337 Å². The number of pyridine rings is 3. The van der Waals surface area contributed by atoms with Gasteiger partial charge < -0.3 is 14.4 Å². The Morgan fingerprint density at radius 1 is 0.722 bits per heavy atom. The molecular formula is C49H45IrN3O-2. The SMILES string of the molecule is Cc1cnc(-c2[c-]cc(C)c(-c3ccccc3)c2)cc1C.[2H]C([2H])([2H])c1ccc2c(n1)oc1c(-c3cc(Cc4ccc(C(C)(C)C)cc4)c(C)cn3)[c-]ccc12.[Ir]. The van der Waals surface area contributed by atoms with E-state index in [0.717, 1.165) is 45.3 Å². The van der Waals surface area contributed by atoms with Crippen molar-refractivity contribution in [3.05, 3.63) is 172 Å². The van der Waals surface area contributed by atoms with Gasteiger partial charge in [-0.2, -0.15) is 0 Å². The van der Waals surface area contributed by atoms with E-state index in [1.165, 1.54) is 50.6 Å². The summed E-state index contributed by atoms with van der Waals surface area (Å²) in [4.78, 5) is 13.5. The summed E-state index contributed by atoms with van der Waals surface area (Å²) in [5.41, 5.74) is 15.6. The minimum atomic E-state index is -2.29. The molecule has 273 valence electrons. The maximum atomic E-state index is 7.65. The molecule has 0 unspecified atom stereocenters. The van der Waals surface area contributed by atoms with Gasteiger partial charge in [0.05, 0.1) is 5.58 Å². The Hall–Kier alpha value is -5.22. The Bertz CT molecular complexity index is 2680. The van der Waals surface area contributed by atoms with Gasteiger partial charge in [0.15, 0.2) is 0 Å². The van der Waals surface area contributed by atoms with E-state index in [1.807, 2.05) is 30.6 Å². The number of nitrogens with zero attached hydrogens (tertiary/aromatic N) is 3. The van der Waals surface area contributed by atoms with Crippen LogP contribution in [0, 0.1) is 46.7 Å². The van der Waals surface area contributed by atoms with Gasteiger partial charge in [-0.3, -0.25) is 0 Å². The van der Waals surface area contributed by atoms with Crippen LogP contribution in [0.25, 0.3) is 55.7 Å². The summed E-state index contributed by atoms with van der Waals surface area (Å²) in [5.74, 6) is 0. The first-order valence-corrected chi connectivity index (χ1v) is 18.0. The monoisotopic (exact) mass is 887 g/mol. The summed E-state index contributed by atoms with van der Waals surface area (Å²) < 4.78 is 29.0. The summed E-state index contributed by atoms with van der Waals surface area (Å²) in [5, 5.41) is 1.63. The Morgan fingerprint density at radius 3 is 2.19 bits per heavy atom. The molecule has 0 aliphatic rings. The molecule has 0 amide bonds. The van der Waals surface area contributed by atoms with Crippen LogP contribution in [0.5, 0.6) is 0 Å². The van der Waals surface area contributed by atoms with Gasteiger partial charge in [0, 0.05) is 47.7 Å². The fraction of sp³-hybridized carbons (Fsp3) is 0.204. The van der Waals surface area contributed by atoms with Gasteiger partial charge >= 0.3 is 0 Å². The molecule has 0 aliphatic carbocycles. The van der Waals surface area contributed by atoms with Crippen molar-refractivity contribution in [1.82, 2.24) is 15.0 Å². The van der Waals surface area contributed by atoms with Gasteiger partial charge in [0.25, 0.3) is 0 Å². The van der Waals surface area contributed by atoms with Crippen molar-refractivity contribution < 1.29 is 28.6 Å². The zero-order valence-electron chi connectivity index (χ0n) is 34.8. The van der Waals surface area contributed by atoms with Crippen molar-refractivity contribution in [2.45, 2.75) is 67.2 Å². The first kappa shape index (κ1) is 34.5. The molecule has 8 aromatic rings. The summed E-state index contributed by atoms with van der Waals surface area (Å²) in [7, 11) is 0. The molecule has 0 bridgehead atoms. The van der Waals surface area contributed by atoms with Gasteiger partial charge in [0.2, 0.25) is 5.71 Å². The van der Waals surface area contributed by atoms with E-state index < -0.39 is 6.85 Å². The molecule has 4 heterocycles. The Balaban J connectivity index is 0.000000214. The molecule has 0 saturated heterocycles. The first-order valence-electron chi connectivity index (χ1n) is 19.5. The number of hydrogen-bond donors (Lipinski definition) is 0. The van der Waals surface area contributed by atoms with E-state index in [0.29, 0.717) is 11.3 Å². The van der Waals surface area contributed by atoms with Crippen molar-refractivity contribution >= 4 is 22.1 Å². The van der Waals surface area contributed by atoms with Gasteiger partial charge in [0.1, 0.15) is 0 Å². The van der Waals surface area contributed by atoms with Crippen LogP contribution in [0.4, 0.5) is 0 Å². The van der Waals surface area contributed by atoms with Crippen LogP contribution in [-0.2, 0) is 31.9 Å². The number of benzene rings is 4. The third-order valence-corrected chi connectivity index (χ3v) is 9.87. The molecule has 0 N–H and O–H groups in total.